The van der Waals surface area contributed by atoms with Gasteiger partial charge in [-0.1, -0.05) is 65.8 Å². The third-order valence-corrected chi connectivity index (χ3v) is 11.8. The average molecular weight is 503 g/mol. The largest absolute Gasteiger partial charge is 0.497 e. The molecule has 5 heteroatoms. The van der Waals surface area contributed by atoms with Gasteiger partial charge in [0, 0.05) is 12.3 Å². The van der Waals surface area contributed by atoms with Crippen LogP contribution in [-0.2, 0) is 15.8 Å². The number of hydrogen-bond acceptors (Lipinski definition) is 4. The van der Waals surface area contributed by atoms with Gasteiger partial charge in [-0.15, -0.1) is 12.3 Å². The Labute approximate surface area is 216 Å². The fraction of sp³-hybridized carbons (Fsp3) is 0.667. The molecule has 0 aromatic heterocycles. The highest BCUT2D eigenvalue weighted by Crippen LogP contribution is 2.27. The molecular weight excluding hydrogens is 452 g/mol. The van der Waals surface area contributed by atoms with Crippen LogP contribution in [-0.4, -0.2) is 39.3 Å². The van der Waals surface area contributed by atoms with Crippen molar-refractivity contribution in [2.45, 2.75) is 97.8 Å². The van der Waals surface area contributed by atoms with Crippen molar-refractivity contribution in [2.75, 3.05) is 13.7 Å². The standard InChI is InChI=1S/C30H50O4Si/c1-9-13-24(5)20-28(31)21-25(6)14-15-26(7)30(34-35(10-2,11-3)12-4)23-33-22-27-16-18-29(32-8)19-17-27/h1,14-19,24-26,28,30-31H,10-13,20-23H2,2-8H3/b15-14+/t24-,25+,26+,28-,30-/m0/s1. The molecule has 4 nitrogen and oxygen atoms in total. The number of hydrogen-bond donors (Lipinski definition) is 1. The predicted molar refractivity (Wildman–Crippen MR) is 150 cm³/mol. The van der Waals surface area contributed by atoms with Gasteiger partial charge in [0.25, 0.3) is 0 Å². The SMILES string of the molecule is C#CC[C@H](C)C[C@H](O)C[C@H](C)/C=C/[C@@H](C)[C@H](COCc1ccc(OC)cc1)O[Si](CC)(CC)CC. The molecule has 0 spiro atoms. The molecule has 0 fully saturated rings. The third kappa shape index (κ3) is 11.8. The van der Waals surface area contributed by atoms with Crippen LogP contribution in [0.5, 0.6) is 5.75 Å². The van der Waals surface area contributed by atoms with E-state index in [1.807, 2.05) is 24.3 Å². The molecule has 1 N–H and O–H groups in total. The van der Waals surface area contributed by atoms with Crippen LogP contribution in [0.3, 0.4) is 0 Å². The van der Waals surface area contributed by atoms with Crippen LogP contribution in [0.1, 0.15) is 66.4 Å². The minimum atomic E-state index is -1.78. The summed E-state index contributed by atoms with van der Waals surface area (Å²) in [6.07, 6.45) is 11.8. The van der Waals surface area contributed by atoms with Crippen molar-refractivity contribution >= 4 is 8.32 Å². The van der Waals surface area contributed by atoms with Crippen molar-refractivity contribution in [1.82, 2.24) is 0 Å². The lowest BCUT2D eigenvalue weighted by Crippen LogP contribution is -2.43. The lowest BCUT2D eigenvalue weighted by molar-refractivity contribution is 0.0194. The Balaban J connectivity index is 2.79. The predicted octanol–water partition coefficient (Wildman–Crippen LogP) is 7.23. The first kappa shape index (κ1) is 31.4. The molecule has 0 aliphatic heterocycles. The molecule has 0 unspecified atom stereocenters. The number of methoxy groups -OCH3 is 1. The van der Waals surface area contributed by atoms with E-state index in [0.29, 0.717) is 25.6 Å². The first-order valence-corrected chi connectivity index (χ1v) is 15.9. The topological polar surface area (TPSA) is 47.9 Å². The van der Waals surface area contributed by atoms with E-state index in [9.17, 15) is 5.11 Å². The monoisotopic (exact) mass is 502 g/mol. The molecule has 35 heavy (non-hydrogen) atoms. The van der Waals surface area contributed by atoms with Crippen molar-refractivity contribution in [2.24, 2.45) is 17.8 Å². The lowest BCUT2D eigenvalue weighted by atomic mass is 9.93. The minimum absolute atomic E-state index is 0.0174. The fourth-order valence-corrected chi connectivity index (χ4v) is 7.40. The summed E-state index contributed by atoms with van der Waals surface area (Å²) in [7, 11) is -0.105. The van der Waals surface area contributed by atoms with Crippen molar-refractivity contribution in [3.8, 4) is 18.1 Å². The summed E-state index contributed by atoms with van der Waals surface area (Å²) in [5, 5.41) is 10.4. The van der Waals surface area contributed by atoms with Crippen LogP contribution in [0.2, 0.25) is 18.1 Å². The molecule has 0 saturated heterocycles. The van der Waals surface area contributed by atoms with Crippen LogP contribution in [0.4, 0.5) is 0 Å². The minimum Gasteiger partial charge on any atom is -0.497 e. The van der Waals surface area contributed by atoms with E-state index in [-0.39, 0.29) is 24.0 Å². The van der Waals surface area contributed by atoms with Gasteiger partial charge in [-0.2, -0.15) is 0 Å². The van der Waals surface area contributed by atoms with E-state index in [2.05, 4.69) is 59.6 Å². The number of benzene rings is 1. The summed E-state index contributed by atoms with van der Waals surface area (Å²) < 4.78 is 18.3. The molecule has 1 aromatic carbocycles. The van der Waals surface area contributed by atoms with Gasteiger partial charge in [0.05, 0.1) is 32.5 Å². The summed E-state index contributed by atoms with van der Waals surface area (Å²) in [6.45, 7) is 14.4. The normalized spacial score (nSPS) is 16.4. The molecule has 5 atom stereocenters. The van der Waals surface area contributed by atoms with E-state index in [4.69, 9.17) is 20.3 Å². The maximum absolute atomic E-state index is 10.4. The lowest BCUT2D eigenvalue weighted by Gasteiger charge is -2.35. The highest BCUT2D eigenvalue weighted by molar-refractivity contribution is 6.73. The van der Waals surface area contributed by atoms with Gasteiger partial charge < -0.3 is 19.0 Å². The number of ether oxygens (including phenoxy) is 2. The Kier molecular flexibility index (Phi) is 15.3. The second-order valence-corrected chi connectivity index (χ2v) is 14.8. The third-order valence-electron chi connectivity index (χ3n) is 7.16. The summed E-state index contributed by atoms with van der Waals surface area (Å²) in [6, 6.07) is 11.4. The molecule has 0 amide bonds. The molecule has 198 valence electrons. The van der Waals surface area contributed by atoms with Gasteiger partial charge in [0.15, 0.2) is 8.32 Å². The van der Waals surface area contributed by atoms with Gasteiger partial charge in [-0.25, -0.2) is 0 Å². The summed E-state index contributed by atoms with van der Waals surface area (Å²) in [5.74, 6) is 4.40. The quantitative estimate of drug-likeness (QED) is 0.131. The maximum atomic E-state index is 10.4. The zero-order valence-electron chi connectivity index (χ0n) is 23.3. The molecule has 1 rings (SSSR count). The van der Waals surface area contributed by atoms with Crippen molar-refractivity contribution in [3.63, 3.8) is 0 Å². The van der Waals surface area contributed by atoms with Gasteiger partial charge in [0.2, 0.25) is 0 Å². The molecule has 0 bridgehead atoms. The van der Waals surface area contributed by atoms with E-state index >= 15 is 0 Å². The first-order chi connectivity index (χ1) is 16.7. The fourth-order valence-electron chi connectivity index (χ4n) is 4.47. The van der Waals surface area contributed by atoms with Crippen LogP contribution >= 0.6 is 0 Å². The second kappa shape index (κ2) is 17.0. The van der Waals surface area contributed by atoms with Crippen LogP contribution in [0.15, 0.2) is 36.4 Å². The van der Waals surface area contributed by atoms with Crippen LogP contribution in [0, 0.1) is 30.1 Å². The summed E-state index contributed by atoms with van der Waals surface area (Å²) in [4.78, 5) is 0. The van der Waals surface area contributed by atoms with Crippen LogP contribution in [0.25, 0.3) is 0 Å². The van der Waals surface area contributed by atoms with E-state index in [1.54, 1.807) is 7.11 Å². The van der Waals surface area contributed by atoms with E-state index < -0.39 is 8.32 Å². The average Bonchev–Trinajstić information content (AvgIpc) is 2.85. The number of allylic oxidation sites excluding steroid dienone is 1. The zero-order chi connectivity index (χ0) is 26.3. The Morgan fingerprint density at radius 1 is 1.00 bits per heavy atom. The molecule has 0 aliphatic carbocycles. The Hall–Kier alpha value is -1.58. The maximum Gasteiger partial charge on any atom is 0.192 e. The van der Waals surface area contributed by atoms with Crippen molar-refractivity contribution < 1.29 is 19.0 Å². The molecular formula is C30H50O4Si. The van der Waals surface area contributed by atoms with Gasteiger partial charge in [-0.3, -0.25) is 0 Å². The molecule has 0 radical (unpaired) electrons. The molecule has 0 aliphatic rings. The van der Waals surface area contributed by atoms with Gasteiger partial charge in [0.1, 0.15) is 5.75 Å². The second-order valence-electron chi connectivity index (χ2n) is 10.1. The Morgan fingerprint density at radius 2 is 1.63 bits per heavy atom. The zero-order valence-corrected chi connectivity index (χ0v) is 24.3. The molecule has 1 aromatic rings. The molecule has 0 heterocycles. The first-order valence-electron chi connectivity index (χ1n) is 13.4. The Bertz CT molecular complexity index is 742. The molecule has 0 saturated carbocycles. The van der Waals surface area contributed by atoms with E-state index in [1.165, 1.54) is 0 Å². The number of rotatable bonds is 18. The highest BCUT2D eigenvalue weighted by atomic mass is 28.4. The van der Waals surface area contributed by atoms with E-state index in [0.717, 1.165) is 42.3 Å². The van der Waals surface area contributed by atoms with Gasteiger partial charge in [-0.05, 0) is 60.5 Å². The Morgan fingerprint density at radius 3 is 2.17 bits per heavy atom. The number of terminal acetylenes is 1. The summed E-state index contributed by atoms with van der Waals surface area (Å²) in [5.41, 5.74) is 1.12. The van der Waals surface area contributed by atoms with Crippen molar-refractivity contribution in [1.29, 1.82) is 0 Å². The number of aliphatic hydroxyl groups excluding tert-OH is 1. The highest BCUT2D eigenvalue weighted by Gasteiger charge is 2.33. The van der Waals surface area contributed by atoms with Crippen LogP contribution < -0.4 is 4.74 Å². The van der Waals surface area contributed by atoms with Gasteiger partial charge >= 0.3 is 0 Å². The number of aliphatic hydroxyl groups is 1. The smallest absolute Gasteiger partial charge is 0.192 e. The van der Waals surface area contributed by atoms with Crippen molar-refractivity contribution in [3.05, 3.63) is 42.0 Å². The summed E-state index contributed by atoms with van der Waals surface area (Å²) >= 11 is 0.